The average Bonchev–Trinajstić information content (AvgIpc) is 3.55. The molecule has 1 aromatic carbocycles. The third-order valence-corrected chi connectivity index (χ3v) is 8.88. The molecule has 0 radical (unpaired) electrons. The van der Waals surface area contributed by atoms with E-state index >= 15 is 0 Å². The molecule has 0 amide bonds. The van der Waals surface area contributed by atoms with E-state index in [0.29, 0.717) is 53.6 Å². The van der Waals surface area contributed by atoms with Crippen LogP contribution < -0.4 is 5.73 Å². The van der Waals surface area contributed by atoms with Crippen molar-refractivity contribution in [2.45, 2.75) is 56.1 Å². The van der Waals surface area contributed by atoms with Crippen LogP contribution in [0.1, 0.15) is 50.4 Å². The smallest absolute Gasteiger partial charge is 0.269 e. The van der Waals surface area contributed by atoms with Crippen LogP contribution in [0, 0.1) is 17.2 Å². The van der Waals surface area contributed by atoms with Gasteiger partial charge >= 0.3 is 0 Å². The lowest BCUT2D eigenvalue weighted by Crippen LogP contribution is -2.20. The highest BCUT2D eigenvalue weighted by molar-refractivity contribution is 7.90. The number of nitrogens with zero attached hydrogens (tertiary/aromatic N) is 6. The van der Waals surface area contributed by atoms with Crippen molar-refractivity contribution in [2.75, 3.05) is 13.7 Å². The maximum Gasteiger partial charge on any atom is 0.269 e. The number of nitrogens with two attached hydrogens (primary N) is 1. The molecule has 5 rings (SSSR count). The first-order valence-electron chi connectivity index (χ1n) is 12.9. The third-order valence-electron chi connectivity index (χ3n) is 7.20. The minimum Gasteiger partial charge on any atom is -0.386 e. The van der Waals surface area contributed by atoms with Gasteiger partial charge in [0, 0.05) is 37.6 Å². The molecule has 1 saturated carbocycles. The average molecular weight is 550 g/mol. The van der Waals surface area contributed by atoms with Gasteiger partial charge < -0.3 is 19.9 Å². The first kappa shape index (κ1) is 26.6. The van der Waals surface area contributed by atoms with Crippen LogP contribution in [-0.2, 0) is 26.2 Å². The molecule has 12 heteroatoms. The molecule has 1 fully saturated rings. The molecular formula is C27H31N7O4S. The van der Waals surface area contributed by atoms with E-state index in [4.69, 9.17) is 25.6 Å². The Morgan fingerprint density at radius 2 is 1.97 bits per heavy atom. The van der Waals surface area contributed by atoms with Crippen LogP contribution in [0.2, 0.25) is 0 Å². The second kappa shape index (κ2) is 11.4. The fourth-order valence-corrected chi connectivity index (χ4v) is 6.57. The van der Waals surface area contributed by atoms with Gasteiger partial charge in [-0.05, 0) is 49.8 Å². The fraction of sp³-hybridized carbons (Fsp3) is 0.407. The summed E-state index contributed by atoms with van der Waals surface area (Å²) in [5.74, 6) is 1.36. The van der Waals surface area contributed by atoms with Crippen LogP contribution in [0.3, 0.4) is 0 Å². The highest BCUT2D eigenvalue weighted by Gasteiger charge is 2.28. The quantitative estimate of drug-likeness (QED) is 0.176. The Bertz CT molecular complexity index is 1630. The van der Waals surface area contributed by atoms with Gasteiger partial charge in [-0.25, -0.2) is 22.4 Å². The number of aromatic nitrogens is 4. The molecule has 4 aromatic rings. The van der Waals surface area contributed by atoms with Gasteiger partial charge in [0.2, 0.25) is 0 Å². The highest BCUT2D eigenvalue weighted by atomic mass is 32.2. The molecule has 1 aliphatic carbocycles. The van der Waals surface area contributed by atoms with Crippen molar-refractivity contribution in [3.05, 3.63) is 54.6 Å². The van der Waals surface area contributed by atoms with Gasteiger partial charge in [-0.3, -0.25) is 0 Å². The number of rotatable bonds is 10. The van der Waals surface area contributed by atoms with Gasteiger partial charge in [0.05, 0.1) is 29.3 Å². The summed E-state index contributed by atoms with van der Waals surface area (Å²) >= 11 is 0. The SMILES string of the molecule is COCCC(N)=NOCc1nc2cnc3c(ccn3S(=O)(=O)c3ccccc3)c2n1C1CCC(CC#N)CC1. The number of amidine groups is 1. The van der Waals surface area contributed by atoms with E-state index in [0.717, 1.165) is 31.2 Å². The molecule has 0 unspecified atom stereocenters. The van der Waals surface area contributed by atoms with Crippen molar-refractivity contribution in [1.82, 2.24) is 18.5 Å². The predicted octanol–water partition coefficient (Wildman–Crippen LogP) is 4.09. The van der Waals surface area contributed by atoms with E-state index in [1.165, 1.54) is 10.2 Å². The number of fused-ring (bicyclic) bond motifs is 3. The van der Waals surface area contributed by atoms with E-state index in [9.17, 15) is 8.42 Å². The molecule has 0 saturated heterocycles. The van der Waals surface area contributed by atoms with Crippen molar-refractivity contribution in [3.63, 3.8) is 0 Å². The summed E-state index contributed by atoms with van der Waals surface area (Å²) in [6.07, 6.45) is 7.74. The Hall–Kier alpha value is -3.95. The maximum absolute atomic E-state index is 13.4. The van der Waals surface area contributed by atoms with E-state index in [1.807, 2.05) is 0 Å². The first-order chi connectivity index (χ1) is 18.9. The monoisotopic (exact) mass is 549 g/mol. The van der Waals surface area contributed by atoms with E-state index < -0.39 is 10.0 Å². The Morgan fingerprint density at radius 3 is 2.69 bits per heavy atom. The van der Waals surface area contributed by atoms with E-state index in [-0.39, 0.29) is 17.5 Å². The van der Waals surface area contributed by atoms with Crippen LogP contribution in [0.25, 0.3) is 22.1 Å². The molecule has 0 atom stereocenters. The minimum atomic E-state index is -3.84. The van der Waals surface area contributed by atoms with Gasteiger partial charge in [-0.15, -0.1) is 0 Å². The van der Waals surface area contributed by atoms with Crippen LogP contribution in [0.15, 0.2) is 58.8 Å². The topological polar surface area (TPSA) is 150 Å². The summed E-state index contributed by atoms with van der Waals surface area (Å²) in [5, 5.41) is 13.8. The zero-order valence-corrected chi connectivity index (χ0v) is 22.5. The Kier molecular flexibility index (Phi) is 7.81. The van der Waals surface area contributed by atoms with E-state index in [2.05, 4.69) is 20.8 Å². The van der Waals surface area contributed by atoms with Crippen LogP contribution >= 0.6 is 0 Å². The molecule has 0 aliphatic heterocycles. The van der Waals surface area contributed by atoms with Crippen molar-refractivity contribution in [3.8, 4) is 6.07 Å². The minimum absolute atomic E-state index is 0.0883. The standard InChI is InChI=1S/C27H31N7O4S/c1-37-16-13-24(29)32-38-18-25-31-23-17-30-27-22(12-15-33(27)39(35,36)21-5-3-2-4-6-21)26(23)34(25)20-9-7-19(8-10-20)11-14-28/h2-6,12,15,17,19-20H,7-11,13,16,18H2,1H3,(H2,29,32). The molecule has 11 nitrogen and oxygen atoms in total. The van der Waals surface area contributed by atoms with Gasteiger partial charge in [0.15, 0.2) is 18.1 Å². The van der Waals surface area contributed by atoms with Crippen molar-refractivity contribution in [2.24, 2.45) is 16.8 Å². The summed E-state index contributed by atoms with van der Waals surface area (Å²) in [4.78, 5) is 15.1. The molecule has 2 N–H and O–H groups in total. The lowest BCUT2D eigenvalue weighted by atomic mass is 9.84. The summed E-state index contributed by atoms with van der Waals surface area (Å²) in [5.41, 5.74) is 7.70. The number of methoxy groups -OCH3 is 1. The number of hydrogen-bond donors (Lipinski definition) is 1. The van der Waals surface area contributed by atoms with Crippen LogP contribution in [-0.4, -0.2) is 46.5 Å². The number of ether oxygens (including phenoxy) is 1. The number of benzene rings is 1. The zero-order valence-electron chi connectivity index (χ0n) is 21.7. The van der Waals surface area contributed by atoms with Crippen LogP contribution in [0.4, 0.5) is 0 Å². The van der Waals surface area contributed by atoms with Crippen molar-refractivity contribution in [1.29, 1.82) is 5.26 Å². The Labute approximate surface area is 226 Å². The summed E-state index contributed by atoms with van der Waals surface area (Å²) < 4.78 is 35.3. The normalized spacial score (nSPS) is 18.4. The second-order valence-corrected chi connectivity index (χ2v) is 11.5. The highest BCUT2D eigenvalue weighted by Crippen LogP contribution is 2.38. The lowest BCUT2D eigenvalue weighted by Gasteiger charge is -2.29. The van der Waals surface area contributed by atoms with Gasteiger partial charge in [-0.1, -0.05) is 23.4 Å². The van der Waals surface area contributed by atoms with Gasteiger partial charge in [0.25, 0.3) is 10.0 Å². The van der Waals surface area contributed by atoms with Gasteiger partial charge in [0.1, 0.15) is 11.4 Å². The Balaban J connectivity index is 1.57. The van der Waals surface area contributed by atoms with Crippen molar-refractivity contribution < 1.29 is 18.0 Å². The molecule has 3 heterocycles. The predicted molar refractivity (Wildman–Crippen MR) is 146 cm³/mol. The van der Waals surface area contributed by atoms with Crippen LogP contribution in [0.5, 0.6) is 0 Å². The first-order valence-corrected chi connectivity index (χ1v) is 14.4. The third kappa shape index (κ3) is 5.32. The summed E-state index contributed by atoms with van der Waals surface area (Å²) in [7, 11) is -2.25. The lowest BCUT2D eigenvalue weighted by molar-refractivity contribution is 0.117. The maximum atomic E-state index is 13.4. The number of hydrogen-bond acceptors (Lipinski definition) is 8. The molecule has 1 aliphatic rings. The largest absolute Gasteiger partial charge is 0.386 e. The molecule has 3 aromatic heterocycles. The molecule has 0 bridgehead atoms. The molecule has 204 valence electrons. The number of imidazole rings is 1. The number of pyridine rings is 1. The summed E-state index contributed by atoms with van der Waals surface area (Å²) in [6, 6.07) is 12.5. The fourth-order valence-electron chi connectivity index (χ4n) is 5.25. The zero-order chi connectivity index (χ0) is 27.4. The summed E-state index contributed by atoms with van der Waals surface area (Å²) in [6.45, 7) is 0.528. The van der Waals surface area contributed by atoms with Crippen molar-refractivity contribution >= 4 is 37.9 Å². The number of oxime groups is 1. The number of nitriles is 1. The molecule has 39 heavy (non-hydrogen) atoms. The Morgan fingerprint density at radius 1 is 1.21 bits per heavy atom. The second-order valence-electron chi connectivity index (χ2n) is 9.69. The molecular weight excluding hydrogens is 518 g/mol. The molecule has 0 spiro atoms. The van der Waals surface area contributed by atoms with Gasteiger partial charge in [-0.2, -0.15) is 5.26 Å². The van der Waals surface area contributed by atoms with E-state index in [1.54, 1.807) is 49.7 Å².